The molecule has 0 aliphatic carbocycles. The first kappa shape index (κ1) is 16.9. The van der Waals surface area contributed by atoms with Crippen LogP contribution in [-0.4, -0.2) is 25.7 Å². The van der Waals surface area contributed by atoms with Crippen LogP contribution in [0.15, 0.2) is 0 Å². The molecule has 0 radical (unpaired) electrons. The second kappa shape index (κ2) is 14.0. The standard InChI is InChI=1S/C14H26O4/c1-14(16)18-12-10-8-6-4-2-3-5-7-9-11-17-13-15/h13H,2-12H2,1H3. The molecule has 0 saturated heterocycles. The molecule has 0 atom stereocenters. The second-order valence-electron chi connectivity index (χ2n) is 4.49. The summed E-state index contributed by atoms with van der Waals surface area (Å²) in [4.78, 5) is 20.4. The monoisotopic (exact) mass is 258 g/mol. The highest BCUT2D eigenvalue weighted by Crippen LogP contribution is 2.09. The lowest BCUT2D eigenvalue weighted by Gasteiger charge is -2.03. The van der Waals surface area contributed by atoms with Crippen LogP contribution in [-0.2, 0) is 19.1 Å². The van der Waals surface area contributed by atoms with Gasteiger partial charge in [-0.15, -0.1) is 0 Å². The van der Waals surface area contributed by atoms with Gasteiger partial charge in [-0.3, -0.25) is 9.59 Å². The van der Waals surface area contributed by atoms with E-state index in [1.165, 1.54) is 39.0 Å². The number of carbonyl (C=O) groups excluding carboxylic acids is 2. The molecule has 0 aromatic carbocycles. The van der Waals surface area contributed by atoms with Crippen molar-refractivity contribution >= 4 is 12.4 Å². The maximum atomic E-state index is 10.5. The van der Waals surface area contributed by atoms with Crippen LogP contribution in [0.2, 0.25) is 0 Å². The van der Waals surface area contributed by atoms with Crippen LogP contribution in [0.3, 0.4) is 0 Å². The Bertz CT molecular complexity index is 204. The quantitative estimate of drug-likeness (QED) is 0.289. The zero-order valence-electron chi connectivity index (χ0n) is 11.5. The summed E-state index contributed by atoms with van der Waals surface area (Å²) in [6, 6.07) is 0. The van der Waals surface area contributed by atoms with Gasteiger partial charge in [0, 0.05) is 6.92 Å². The molecule has 0 rings (SSSR count). The third-order valence-electron chi connectivity index (χ3n) is 2.78. The Balaban J connectivity index is 2.94. The average molecular weight is 258 g/mol. The van der Waals surface area contributed by atoms with Gasteiger partial charge in [-0.05, 0) is 12.8 Å². The van der Waals surface area contributed by atoms with Gasteiger partial charge < -0.3 is 9.47 Å². The van der Waals surface area contributed by atoms with Gasteiger partial charge in [0.05, 0.1) is 13.2 Å². The molecule has 18 heavy (non-hydrogen) atoms. The highest BCUT2D eigenvalue weighted by atomic mass is 16.5. The molecule has 4 nitrogen and oxygen atoms in total. The highest BCUT2D eigenvalue weighted by Gasteiger charge is 1.95. The molecule has 0 amide bonds. The molecule has 106 valence electrons. The minimum absolute atomic E-state index is 0.187. The smallest absolute Gasteiger partial charge is 0.302 e. The summed E-state index contributed by atoms with van der Waals surface area (Å²) in [6.07, 6.45) is 10.4. The Labute approximate surface area is 110 Å². The van der Waals surface area contributed by atoms with Crippen molar-refractivity contribution < 1.29 is 19.1 Å². The topological polar surface area (TPSA) is 52.6 Å². The summed E-state index contributed by atoms with van der Waals surface area (Å²) in [5.41, 5.74) is 0. The highest BCUT2D eigenvalue weighted by molar-refractivity contribution is 5.65. The van der Waals surface area contributed by atoms with Crippen LogP contribution in [0.1, 0.15) is 64.7 Å². The first-order valence-corrected chi connectivity index (χ1v) is 6.96. The van der Waals surface area contributed by atoms with E-state index in [1.54, 1.807) is 0 Å². The number of unbranched alkanes of at least 4 members (excludes halogenated alkanes) is 8. The third kappa shape index (κ3) is 14.9. The number of rotatable bonds is 13. The van der Waals surface area contributed by atoms with Crippen molar-refractivity contribution in [1.29, 1.82) is 0 Å². The lowest BCUT2D eigenvalue weighted by Crippen LogP contribution is -2.00. The van der Waals surface area contributed by atoms with Crippen molar-refractivity contribution in [3.05, 3.63) is 0 Å². The van der Waals surface area contributed by atoms with E-state index in [9.17, 15) is 9.59 Å². The number of carbonyl (C=O) groups is 2. The first-order valence-electron chi connectivity index (χ1n) is 6.96. The van der Waals surface area contributed by atoms with Crippen molar-refractivity contribution in [1.82, 2.24) is 0 Å². The normalized spacial score (nSPS) is 10.1. The van der Waals surface area contributed by atoms with E-state index >= 15 is 0 Å². The summed E-state index contributed by atoms with van der Waals surface area (Å²) >= 11 is 0. The molecule has 0 spiro atoms. The number of hydrogen-bond donors (Lipinski definition) is 0. The van der Waals surface area contributed by atoms with Crippen LogP contribution >= 0.6 is 0 Å². The van der Waals surface area contributed by atoms with Gasteiger partial charge in [0.15, 0.2) is 0 Å². The molecule has 0 saturated carbocycles. The van der Waals surface area contributed by atoms with Crippen LogP contribution in [0, 0.1) is 0 Å². The predicted molar refractivity (Wildman–Crippen MR) is 70.2 cm³/mol. The molecule has 0 bridgehead atoms. The zero-order chi connectivity index (χ0) is 13.5. The van der Waals surface area contributed by atoms with Crippen LogP contribution in [0.5, 0.6) is 0 Å². The van der Waals surface area contributed by atoms with Crippen LogP contribution in [0.4, 0.5) is 0 Å². The Morgan fingerprint density at radius 3 is 1.72 bits per heavy atom. The molecule has 0 aromatic rings. The fraction of sp³-hybridized carbons (Fsp3) is 0.857. The molecule has 0 fully saturated rings. The molecule has 0 aliphatic heterocycles. The minimum atomic E-state index is -0.187. The molecular weight excluding hydrogens is 232 g/mol. The summed E-state index contributed by atoms with van der Waals surface area (Å²) in [5.74, 6) is -0.187. The maximum Gasteiger partial charge on any atom is 0.302 e. The average Bonchev–Trinajstić information content (AvgIpc) is 2.34. The van der Waals surface area contributed by atoms with Gasteiger partial charge in [0.25, 0.3) is 6.47 Å². The minimum Gasteiger partial charge on any atom is -0.468 e. The number of ether oxygens (including phenoxy) is 2. The molecule has 0 N–H and O–H groups in total. The Hall–Kier alpha value is -1.06. The van der Waals surface area contributed by atoms with Gasteiger partial charge in [-0.25, -0.2) is 0 Å². The summed E-state index contributed by atoms with van der Waals surface area (Å²) in [5, 5.41) is 0. The molecule has 4 heteroatoms. The Morgan fingerprint density at radius 1 is 0.833 bits per heavy atom. The molecule has 0 aliphatic rings. The van der Waals surface area contributed by atoms with E-state index in [2.05, 4.69) is 4.74 Å². The lowest BCUT2D eigenvalue weighted by atomic mass is 10.1. The zero-order valence-corrected chi connectivity index (χ0v) is 11.5. The van der Waals surface area contributed by atoms with E-state index < -0.39 is 0 Å². The van der Waals surface area contributed by atoms with Crippen molar-refractivity contribution in [3.63, 3.8) is 0 Å². The van der Waals surface area contributed by atoms with Crippen molar-refractivity contribution in [2.45, 2.75) is 64.7 Å². The van der Waals surface area contributed by atoms with Crippen LogP contribution in [0.25, 0.3) is 0 Å². The van der Waals surface area contributed by atoms with Gasteiger partial charge in [-0.2, -0.15) is 0 Å². The summed E-state index contributed by atoms with van der Waals surface area (Å²) in [7, 11) is 0. The lowest BCUT2D eigenvalue weighted by molar-refractivity contribution is -0.141. The fourth-order valence-corrected chi connectivity index (χ4v) is 1.79. The van der Waals surface area contributed by atoms with Crippen molar-refractivity contribution in [3.8, 4) is 0 Å². The van der Waals surface area contributed by atoms with E-state index in [4.69, 9.17) is 4.74 Å². The molecule has 0 heterocycles. The van der Waals surface area contributed by atoms with Crippen LogP contribution < -0.4 is 0 Å². The van der Waals surface area contributed by atoms with E-state index in [0.29, 0.717) is 19.7 Å². The fourth-order valence-electron chi connectivity index (χ4n) is 1.79. The SMILES string of the molecule is CC(=O)OCCCCCCCCCCCOC=O. The molecular formula is C14H26O4. The van der Waals surface area contributed by atoms with Gasteiger partial charge in [-0.1, -0.05) is 44.9 Å². The van der Waals surface area contributed by atoms with Gasteiger partial charge >= 0.3 is 5.97 Å². The van der Waals surface area contributed by atoms with E-state index in [0.717, 1.165) is 25.7 Å². The largest absolute Gasteiger partial charge is 0.468 e. The predicted octanol–water partition coefficient (Wildman–Crippen LogP) is 3.23. The number of hydrogen-bond acceptors (Lipinski definition) is 4. The maximum absolute atomic E-state index is 10.5. The summed E-state index contributed by atoms with van der Waals surface area (Å²) < 4.78 is 9.47. The van der Waals surface area contributed by atoms with Gasteiger partial charge in [0.2, 0.25) is 0 Å². The van der Waals surface area contributed by atoms with Crippen molar-refractivity contribution in [2.24, 2.45) is 0 Å². The second-order valence-corrected chi connectivity index (χ2v) is 4.49. The third-order valence-corrected chi connectivity index (χ3v) is 2.78. The van der Waals surface area contributed by atoms with Crippen molar-refractivity contribution in [2.75, 3.05) is 13.2 Å². The Kier molecular flexibility index (Phi) is 13.2. The van der Waals surface area contributed by atoms with Gasteiger partial charge in [0.1, 0.15) is 0 Å². The molecule has 0 aromatic heterocycles. The van der Waals surface area contributed by atoms with E-state index in [1.807, 2.05) is 0 Å². The number of esters is 1. The summed E-state index contributed by atoms with van der Waals surface area (Å²) in [6.45, 7) is 3.07. The Morgan fingerprint density at radius 2 is 1.28 bits per heavy atom. The van der Waals surface area contributed by atoms with E-state index in [-0.39, 0.29) is 5.97 Å². The molecule has 0 unspecified atom stereocenters. The first-order chi connectivity index (χ1) is 8.77.